The molecule has 0 saturated heterocycles. The van der Waals surface area contributed by atoms with Gasteiger partial charge in [-0.25, -0.2) is 0 Å². The van der Waals surface area contributed by atoms with Crippen molar-refractivity contribution in [3.63, 3.8) is 0 Å². The van der Waals surface area contributed by atoms with Crippen LogP contribution in [0.15, 0.2) is 54.6 Å². The fraction of sp³-hybridized carbons (Fsp3) is 0.350. The van der Waals surface area contributed by atoms with E-state index < -0.39 is 0 Å². The first-order valence-electron chi connectivity index (χ1n) is 8.31. The van der Waals surface area contributed by atoms with Crippen LogP contribution in [0.3, 0.4) is 0 Å². The molecule has 0 bridgehead atoms. The normalized spacial score (nSPS) is 10.3. The molecule has 2 aromatic carbocycles. The lowest BCUT2D eigenvalue weighted by molar-refractivity contribution is -0.121. The number of rotatable bonds is 9. The number of aryl methyl sites for hydroxylation is 2. The molecule has 0 aliphatic carbocycles. The van der Waals surface area contributed by atoms with Gasteiger partial charge in [-0.1, -0.05) is 48.5 Å². The Hall–Kier alpha value is -2.29. The molecule has 2 aromatic rings. The van der Waals surface area contributed by atoms with Crippen LogP contribution in [0.2, 0.25) is 0 Å². The van der Waals surface area contributed by atoms with Crippen molar-refractivity contribution in [3.05, 3.63) is 65.7 Å². The summed E-state index contributed by atoms with van der Waals surface area (Å²) in [6.45, 7) is 3.33. The number of amides is 1. The Morgan fingerprint density at radius 1 is 1.00 bits per heavy atom. The number of para-hydroxylation sites is 1. The highest BCUT2D eigenvalue weighted by Crippen LogP contribution is 2.19. The molecule has 1 amide bonds. The predicted octanol–water partition coefficient (Wildman–Crippen LogP) is 3.77. The summed E-state index contributed by atoms with van der Waals surface area (Å²) in [5, 5.41) is 2.99. The van der Waals surface area contributed by atoms with Crippen LogP contribution < -0.4 is 10.1 Å². The highest BCUT2D eigenvalue weighted by atomic mass is 16.5. The second-order valence-corrected chi connectivity index (χ2v) is 5.48. The maximum absolute atomic E-state index is 11.9. The van der Waals surface area contributed by atoms with Gasteiger partial charge in [-0.3, -0.25) is 4.79 Å². The van der Waals surface area contributed by atoms with Gasteiger partial charge in [0.15, 0.2) is 0 Å². The highest BCUT2D eigenvalue weighted by Gasteiger charge is 2.06. The standard InChI is InChI=1S/C20H25NO2/c1-2-23-19-13-7-6-12-18(19)14-15-20(22)21-16-8-11-17-9-4-3-5-10-17/h3-7,9-10,12-13H,2,8,11,14-16H2,1H3,(H,21,22). The maximum Gasteiger partial charge on any atom is 0.220 e. The van der Waals surface area contributed by atoms with Crippen molar-refractivity contribution < 1.29 is 9.53 Å². The van der Waals surface area contributed by atoms with Crippen LogP contribution in [0.4, 0.5) is 0 Å². The van der Waals surface area contributed by atoms with Gasteiger partial charge in [-0.05, 0) is 43.4 Å². The van der Waals surface area contributed by atoms with E-state index in [1.807, 2.05) is 49.4 Å². The van der Waals surface area contributed by atoms with Crippen molar-refractivity contribution in [3.8, 4) is 5.75 Å². The Balaban J connectivity index is 1.67. The van der Waals surface area contributed by atoms with E-state index in [-0.39, 0.29) is 5.91 Å². The summed E-state index contributed by atoms with van der Waals surface area (Å²) in [7, 11) is 0. The first-order valence-corrected chi connectivity index (χ1v) is 8.31. The number of ether oxygens (including phenoxy) is 1. The van der Waals surface area contributed by atoms with Crippen molar-refractivity contribution in [2.45, 2.75) is 32.6 Å². The summed E-state index contributed by atoms with van der Waals surface area (Å²) in [4.78, 5) is 11.9. The summed E-state index contributed by atoms with van der Waals surface area (Å²) in [6, 6.07) is 18.3. The molecular weight excluding hydrogens is 286 g/mol. The average molecular weight is 311 g/mol. The quantitative estimate of drug-likeness (QED) is 0.716. The van der Waals surface area contributed by atoms with E-state index in [4.69, 9.17) is 4.74 Å². The number of benzene rings is 2. The van der Waals surface area contributed by atoms with E-state index in [2.05, 4.69) is 17.4 Å². The van der Waals surface area contributed by atoms with Crippen molar-refractivity contribution >= 4 is 5.91 Å². The summed E-state index contributed by atoms with van der Waals surface area (Å²) < 4.78 is 5.59. The highest BCUT2D eigenvalue weighted by molar-refractivity contribution is 5.76. The summed E-state index contributed by atoms with van der Waals surface area (Å²) in [6.07, 6.45) is 3.16. The Kier molecular flexibility index (Phi) is 7.18. The van der Waals surface area contributed by atoms with Gasteiger partial charge in [0, 0.05) is 13.0 Å². The fourth-order valence-corrected chi connectivity index (χ4v) is 2.51. The second-order valence-electron chi connectivity index (χ2n) is 5.48. The van der Waals surface area contributed by atoms with Gasteiger partial charge in [0.1, 0.15) is 5.75 Å². The van der Waals surface area contributed by atoms with Crippen molar-refractivity contribution in [2.75, 3.05) is 13.2 Å². The van der Waals surface area contributed by atoms with Gasteiger partial charge in [-0.15, -0.1) is 0 Å². The first kappa shape index (κ1) is 17.1. The Morgan fingerprint density at radius 2 is 1.74 bits per heavy atom. The second kappa shape index (κ2) is 9.67. The van der Waals surface area contributed by atoms with Crippen molar-refractivity contribution in [1.82, 2.24) is 5.32 Å². The molecule has 0 aliphatic rings. The van der Waals surface area contributed by atoms with Gasteiger partial charge in [0.25, 0.3) is 0 Å². The SMILES string of the molecule is CCOc1ccccc1CCC(=O)NCCCc1ccccc1. The smallest absolute Gasteiger partial charge is 0.220 e. The molecule has 0 aliphatic heterocycles. The van der Waals surface area contributed by atoms with E-state index in [0.29, 0.717) is 19.4 Å². The van der Waals surface area contributed by atoms with Crippen LogP contribution in [0.25, 0.3) is 0 Å². The van der Waals surface area contributed by atoms with Crippen molar-refractivity contribution in [2.24, 2.45) is 0 Å². The molecular formula is C20H25NO2. The van der Waals surface area contributed by atoms with Crippen LogP contribution in [-0.2, 0) is 17.6 Å². The van der Waals surface area contributed by atoms with Gasteiger partial charge < -0.3 is 10.1 Å². The van der Waals surface area contributed by atoms with Crippen LogP contribution >= 0.6 is 0 Å². The van der Waals surface area contributed by atoms with Gasteiger partial charge in [0.05, 0.1) is 6.61 Å². The molecule has 1 N–H and O–H groups in total. The molecule has 0 saturated carbocycles. The minimum absolute atomic E-state index is 0.101. The number of nitrogens with one attached hydrogen (secondary N) is 1. The Morgan fingerprint density at radius 3 is 2.52 bits per heavy atom. The molecule has 122 valence electrons. The molecule has 0 aromatic heterocycles. The maximum atomic E-state index is 11.9. The minimum atomic E-state index is 0.101. The first-order chi connectivity index (χ1) is 11.3. The Labute approximate surface area is 138 Å². The molecule has 0 atom stereocenters. The number of carbonyl (C=O) groups is 1. The van der Waals surface area contributed by atoms with Crippen LogP contribution in [-0.4, -0.2) is 19.1 Å². The lowest BCUT2D eigenvalue weighted by Gasteiger charge is -2.10. The zero-order valence-corrected chi connectivity index (χ0v) is 13.8. The molecule has 0 heterocycles. The summed E-state index contributed by atoms with van der Waals surface area (Å²) in [5.74, 6) is 0.983. The van der Waals surface area contributed by atoms with Gasteiger partial charge in [0.2, 0.25) is 5.91 Å². The molecule has 23 heavy (non-hydrogen) atoms. The van der Waals surface area contributed by atoms with Crippen LogP contribution in [0.5, 0.6) is 5.75 Å². The molecule has 0 unspecified atom stereocenters. The summed E-state index contributed by atoms with van der Waals surface area (Å²) >= 11 is 0. The monoisotopic (exact) mass is 311 g/mol. The third-order valence-corrected chi connectivity index (χ3v) is 3.70. The third kappa shape index (κ3) is 6.15. The van der Waals surface area contributed by atoms with E-state index >= 15 is 0 Å². The Bertz CT molecular complexity index is 596. The third-order valence-electron chi connectivity index (χ3n) is 3.70. The van der Waals surface area contributed by atoms with Crippen LogP contribution in [0.1, 0.15) is 30.9 Å². The molecule has 0 spiro atoms. The molecule has 0 fully saturated rings. The largest absolute Gasteiger partial charge is 0.494 e. The average Bonchev–Trinajstić information content (AvgIpc) is 2.59. The summed E-state index contributed by atoms with van der Waals surface area (Å²) in [5.41, 5.74) is 2.40. The molecule has 3 nitrogen and oxygen atoms in total. The fourth-order valence-electron chi connectivity index (χ4n) is 2.51. The zero-order chi connectivity index (χ0) is 16.3. The van der Waals surface area contributed by atoms with E-state index in [1.165, 1.54) is 5.56 Å². The molecule has 2 rings (SSSR count). The van der Waals surface area contributed by atoms with E-state index in [1.54, 1.807) is 0 Å². The molecule has 0 radical (unpaired) electrons. The van der Waals surface area contributed by atoms with E-state index in [9.17, 15) is 4.79 Å². The number of hydrogen-bond acceptors (Lipinski definition) is 2. The lowest BCUT2D eigenvalue weighted by Crippen LogP contribution is -2.25. The lowest BCUT2D eigenvalue weighted by atomic mass is 10.1. The van der Waals surface area contributed by atoms with Gasteiger partial charge in [-0.2, -0.15) is 0 Å². The minimum Gasteiger partial charge on any atom is -0.494 e. The van der Waals surface area contributed by atoms with Crippen molar-refractivity contribution in [1.29, 1.82) is 0 Å². The topological polar surface area (TPSA) is 38.3 Å². The molecule has 3 heteroatoms. The van der Waals surface area contributed by atoms with Gasteiger partial charge >= 0.3 is 0 Å². The van der Waals surface area contributed by atoms with E-state index in [0.717, 1.165) is 30.7 Å². The zero-order valence-electron chi connectivity index (χ0n) is 13.8. The van der Waals surface area contributed by atoms with Crippen LogP contribution in [0, 0.1) is 0 Å². The predicted molar refractivity (Wildman–Crippen MR) is 93.7 cm³/mol. The number of carbonyl (C=O) groups excluding carboxylic acids is 1. The number of hydrogen-bond donors (Lipinski definition) is 1.